The number of aromatic nitrogens is 1. The maximum absolute atomic E-state index is 13.1. The van der Waals surface area contributed by atoms with Gasteiger partial charge in [-0.3, -0.25) is 28.8 Å². The summed E-state index contributed by atoms with van der Waals surface area (Å²) < 4.78 is 0. The molecule has 0 radical (unpaired) electrons. The second kappa shape index (κ2) is 15.0. The lowest BCUT2D eigenvalue weighted by atomic mass is 10.0. The van der Waals surface area contributed by atoms with Gasteiger partial charge in [0.15, 0.2) is 0 Å². The molecule has 5 amide bonds. The molecule has 2 rings (SSSR count). The van der Waals surface area contributed by atoms with Crippen LogP contribution in [0.3, 0.4) is 0 Å². The molecule has 1 aromatic heterocycles. The molecule has 0 saturated carbocycles. The van der Waals surface area contributed by atoms with E-state index in [1.54, 1.807) is 30.5 Å². The minimum atomic E-state index is -1.61. The third-order valence-corrected chi connectivity index (χ3v) is 6.07. The van der Waals surface area contributed by atoms with E-state index in [2.05, 4.69) is 20.9 Å². The van der Waals surface area contributed by atoms with Gasteiger partial charge >= 0.3 is 11.9 Å². The zero-order chi connectivity index (χ0) is 30.7. The van der Waals surface area contributed by atoms with E-state index in [0.717, 1.165) is 10.9 Å². The highest BCUT2D eigenvalue weighted by Gasteiger charge is 2.31. The van der Waals surface area contributed by atoms with Gasteiger partial charge < -0.3 is 48.3 Å². The van der Waals surface area contributed by atoms with Crippen LogP contribution in [0.2, 0.25) is 0 Å². The van der Waals surface area contributed by atoms with Crippen LogP contribution in [0.4, 0.5) is 0 Å². The van der Waals surface area contributed by atoms with Crippen molar-refractivity contribution in [3.8, 4) is 0 Å². The molecule has 16 heteroatoms. The van der Waals surface area contributed by atoms with Crippen LogP contribution < -0.4 is 33.2 Å². The first-order valence-electron chi connectivity index (χ1n) is 12.5. The fourth-order valence-corrected chi connectivity index (χ4v) is 3.92. The first kappa shape index (κ1) is 32.2. The number of carboxylic acid groups (broad SMARTS) is 2. The number of hydrogen-bond donors (Lipinski definition) is 9. The van der Waals surface area contributed by atoms with Gasteiger partial charge in [-0.15, -0.1) is 0 Å². The standard InChI is InChI=1S/C25H33N7O9/c26-14(5-7-19(27)33)22(37)31-17(10-20(28)34)24(39)30-16(6-8-21(35)36)23(38)32-18(25(40)41)9-12-11-29-15-4-2-1-3-13(12)15/h1-4,11,14,16-18,29H,5-10,26H2,(H2,27,33)(H2,28,34)(H,30,39)(H,31,37)(H,32,38)(H,35,36)(H,40,41). The largest absolute Gasteiger partial charge is 0.481 e. The summed E-state index contributed by atoms with van der Waals surface area (Å²) in [6.07, 6.45) is -0.628. The number of nitrogens with one attached hydrogen (secondary N) is 4. The highest BCUT2D eigenvalue weighted by molar-refractivity contribution is 5.96. The van der Waals surface area contributed by atoms with Crippen molar-refractivity contribution < 1.29 is 43.8 Å². The Kier molecular flexibility index (Phi) is 11.8. The fourth-order valence-electron chi connectivity index (χ4n) is 3.92. The van der Waals surface area contributed by atoms with E-state index in [0.29, 0.717) is 5.56 Å². The average Bonchev–Trinajstić information content (AvgIpc) is 3.30. The Labute approximate surface area is 233 Å². The Hall–Kier alpha value is -4.99. The number of nitrogens with two attached hydrogens (primary N) is 3. The number of hydrogen-bond acceptors (Lipinski definition) is 8. The van der Waals surface area contributed by atoms with Gasteiger partial charge in [0.1, 0.15) is 18.1 Å². The molecular weight excluding hydrogens is 542 g/mol. The van der Waals surface area contributed by atoms with Crippen molar-refractivity contribution in [2.45, 2.75) is 62.7 Å². The Morgan fingerprint density at radius 3 is 2.00 bits per heavy atom. The van der Waals surface area contributed by atoms with Crippen molar-refractivity contribution in [1.29, 1.82) is 0 Å². The van der Waals surface area contributed by atoms with Crippen molar-refractivity contribution >= 4 is 52.4 Å². The number of H-pyrrole nitrogens is 1. The lowest BCUT2D eigenvalue weighted by Gasteiger charge is -2.24. The molecule has 1 heterocycles. The number of carbonyl (C=O) groups excluding carboxylic acids is 5. The van der Waals surface area contributed by atoms with E-state index in [1.165, 1.54) is 0 Å². The van der Waals surface area contributed by atoms with Gasteiger partial charge in [-0.05, 0) is 24.5 Å². The number of aromatic amines is 1. The van der Waals surface area contributed by atoms with Gasteiger partial charge in [0, 0.05) is 36.4 Å². The smallest absolute Gasteiger partial charge is 0.326 e. The molecule has 41 heavy (non-hydrogen) atoms. The normalized spacial score (nSPS) is 13.8. The predicted octanol–water partition coefficient (Wildman–Crippen LogP) is -2.42. The summed E-state index contributed by atoms with van der Waals surface area (Å²) in [7, 11) is 0. The molecular formula is C25H33N7O9. The first-order chi connectivity index (χ1) is 19.3. The fraction of sp³-hybridized carbons (Fsp3) is 0.400. The SMILES string of the molecule is NC(=O)CCC(N)C(=O)NC(CC(N)=O)C(=O)NC(CCC(=O)O)C(=O)NC(Cc1c[nH]c2ccccc12)C(=O)O. The molecule has 2 aromatic rings. The summed E-state index contributed by atoms with van der Waals surface area (Å²) in [5.41, 5.74) is 17.3. The molecule has 4 atom stereocenters. The van der Waals surface area contributed by atoms with Crippen LogP contribution in [0.5, 0.6) is 0 Å². The third-order valence-electron chi connectivity index (χ3n) is 6.07. The molecule has 12 N–H and O–H groups in total. The highest BCUT2D eigenvalue weighted by atomic mass is 16.4. The van der Waals surface area contributed by atoms with E-state index in [4.69, 9.17) is 22.3 Å². The average molecular weight is 576 g/mol. The number of amides is 5. The number of primary amides is 2. The first-order valence-corrected chi connectivity index (χ1v) is 12.5. The highest BCUT2D eigenvalue weighted by Crippen LogP contribution is 2.19. The molecule has 16 nitrogen and oxygen atoms in total. The molecule has 0 saturated heterocycles. The molecule has 0 aliphatic carbocycles. The number of fused-ring (bicyclic) bond motifs is 1. The van der Waals surface area contributed by atoms with Gasteiger partial charge in [-0.1, -0.05) is 18.2 Å². The maximum atomic E-state index is 13.1. The van der Waals surface area contributed by atoms with Crippen LogP contribution >= 0.6 is 0 Å². The van der Waals surface area contributed by atoms with Crippen LogP contribution in [0, 0.1) is 0 Å². The van der Waals surface area contributed by atoms with Crippen LogP contribution in [0.1, 0.15) is 37.7 Å². The summed E-state index contributed by atoms with van der Waals surface area (Å²) in [4.78, 5) is 87.1. The molecule has 4 unspecified atom stereocenters. The predicted molar refractivity (Wildman–Crippen MR) is 143 cm³/mol. The van der Waals surface area contributed by atoms with E-state index >= 15 is 0 Å². The van der Waals surface area contributed by atoms with Crippen molar-refractivity contribution in [3.63, 3.8) is 0 Å². The summed E-state index contributed by atoms with van der Waals surface area (Å²) >= 11 is 0. The molecule has 222 valence electrons. The summed E-state index contributed by atoms with van der Waals surface area (Å²) in [5, 5.41) is 26.4. The number of carbonyl (C=O) groups is 7. The second-order valence-corrected chi connectivity index (χ2v) is 9.30. The molecule has 0 fully saturated rings. The Morgan fingerprint density at radius 1 is 0.780 bits per heavy atom. The Bertz CT molecular complexity index is 1310. The van der Waals surface area contributed by atoms with Crippen molar-refractivity contribution in [3.05, 3.63) is 36.0 Å². The molecule has 0 aliphatic rings. The Morgan fingerprint density at radius 2 is 1.39 bits per heavy atom. The summed E-state index contributed by atoms with van der Waals surface area (Å²) in [5.74, 6) is -7.38. The lowest BCUT2D eigenvalue weighted by molar-refractivity contribution is -0.143. The van der Waals surface area contributed by atoms with Crippen LogP contribution in [0.15, 0.2) is 30.5 Å². The van der Waals surface area contributed by atoms with Gasteiger partial charge in [-0.2, -0.15) is 0 Å². The van der Waals surface area contributed by atoms with Gasteiger partial charge in [0.2, 0.25) is 29.5 Å². The molecule has 0 aliphatic heterocycles. The quantitative estimate of drug-likeness (QED) is 0.0961. The lowest BCUT2D eigenvalue weighted by Crippen LogP contribution is -2.58. The van der Waals surface area contributed by atoms with Crippen LogP contribution in [-0.2, 0) is 40.0 Å². The third kappa shape index (κ3) is 10.2. The number of benzene rings is 1. The number of rotatable bonds is 17. The second-order valence-electron chi connectivity index (χ2n) is 9.30. The van der Waals surface area contributed by atoms with E-state index in [9.17, 15) is 38.7 Å². The number of carboxylic acids is 2. The minimum absolute atomic E-state index is 0.131. The molecule has 1 aromatic carbocycles. The van der Waals surface area contributed by atoms with E-state index < -0.39 is 84.9 Å². The van der Waals surface area contributed by atoms with Gasteiger partial charge in [-0.25, -0.2) is 4.79 Å². The van der Waals surface area contributed by atoms with E-state index in [-0.39, 0.29) is 19.3 Å². The van der Waals surface area contributed by atoms with Crippen LogP contribution in [-0.4, -0.2) is 80.8 Å². The van der Waals surface area contributed by atoms with Gasteiger partial charge in [0.05, 0.1) is 12.5 Å². The Balaban J connectivity index is 2.19. The van der Waals surface area contributed by atoms with Crippen molar-refractivity contribution in [1.82, 2.24) is 20.9 Å². The zero-order valence-corrected chi connectivity index (χ0v) is 21.9. The number of aliphatic carboxylic acids is 2. The van der Waals surface area contributed by atoms with Crippen molar-refractivity contribution in [2.75, 3.05) is 0 Å². The van der Waals surface area contributed by atoms with Crippen molar-refractivity contribution in [2.24, 2.45) is 17.2 Å². The summed E-state index contributed by atoms with van der Waals surface area (Å²) in [6, 6.07) is 1.23. The van der Waals surface area contributed by atoms with Crippen LogP contribution in [0.25, 0.3) is 10.9 Å². The maximum Gasteiger partial charge on any atom is 0.326 e. The van der Waals surface area contributed by atoms with E-state index in [1.807, 2.05) is 0 Å². The molecule has 0 bridgehead atoms. The zero-order valence-electron chi connectivity index (χ0n) is 21.9. The number of para-hydroxylation sites is 1. The minimum Gasteiger partial charge on any atom is -0.481 e. The monoisotopic (exact) mass is 575 g/mol. The topological polar surface area (TPSA) is 290 Å². The van der Waals surface area contributed by atoms with Gasteiger partial charge in [0.25, 0.3) is 0 Å². The summed E-state index contributed by atoms with van der Waals surface area (Å²) in [6.45, 7) is 0. The molecule has 0 spiro atoms.